The summed E-state index contributed by atoms with van der Waals surface area (Å²) in [7, 11) is 0. The average Bonchev–Trinajstić information content (AvgIpc) is 2.16. The molecule has 1 atom stereocenters. The lowest BCUT2D eigenvalue weighted by molar-refractivity contribution is -0.175. The molecule has 1 saturated heterocycles. The number of hydrogen-bond donors (Lipinski definition) is 2. The minimum Gasteiger partial charge on any atom is -0.351 e. The largest absolute Gasteiger partial charge is 0.351 e. The van der Waals surface area contributed by atoms with E-state index in [-0.39, 0.29) is 6.29 Å². The second-order valence-electron chi connectivity index (χ2n) is 3.07. The van der Waals surface area contributed by atoms with Gasteiger partial charge in [0.05, 0.1) is 13.2 Å². The zero-order valence-electron chi connectivity index (χ0n) is 7.58. The molecule has 0 amide bonds. The standard InChI is InChI=1S/C8H18N2O2/c1-7(5-9)10-6-8-11-3-2-4-12-8/h7-8,10H,2-6,9H2,1H3. The van der Waals surface area contributed by atoms with Crippen molar-refractivity contribution in [2.75, 3.05) is 26.3 Å². The van der Waals surface area contributed by atoms with Gasteiger partial charge in [-0.15, -0.1) is 0 Å². The van der Waals surface area contributed by atoms with Crippen molar-refractivity contribution in [1.29, 1.82) is 0 Å². The van der Waals surface area contributed by atoms with Crippen molar-refractivity contribution in [3.05, 3.63) is 0 Å². The average molecular weight is 174 g/mol. The molecule has 1 heterocycles. The molecule has 4 nitrogen and oxygen atoms in total. The predicted octanol–water partition coefficient (Wildman–Crippen LogP) is -0.314. The van der Waals surface area contributed by atoms with Gasteiger partial charge in [0.2, 0.25) is 0 Å². The summed E-state index contributed by atoms with van der Waals surface area (Å²) in [5.41, 5.74) is 5.44. The maximum atomic E-state index is 5.44. The summed E-state index contributed by atoms with van der Waals surface area (Å²) < 4.78 is 10.7. The van der Waals surface area contributed by atoms with E-state index < -0.39 is 0 Å². The third kappa shape index (κ3) is 3.49. The monoisotopic (exact) mass is 174 g/mol. The highest BCUT2D eigenvalue weighted by atomic mass is 16.7. The van der Waals surface area contributed by atoms with Gasteiger partial charge >= 0.3 is 0 Å². The number of rotatable bonds is 4. The third-order valence-corrected chi connectivity index (χ3v) is 1.88. The van der Waals surface area contributed by atoms with Crippen LogP contribution in [0.3, 0.4) is 0 Å². The molecule has 1 aliphatic heterocycles. The van der Waals surface area contributed by atoms with E-state index in [1.54, 1.807) is 0 Å². The zero-order valence-corrected chi connectivity index (χ0v) is 7.58. The van der Waals surface area contributed by atoms with Crippen LogP contribution < -0.4 is 11.1 Å². The highest BCUT2D eigenvalue weighted by Gasteiger charge is 2.13. The van der Waals surface area contributed by atoms with Crippen LogP contribution in [0.4, 0.5) is 0 Å². The lowest BCUT2D eigenvalue weighted by Gasteiger charge is -2.24. The van der Waals surface area contributed by atoms with Crippen molar-refractivity contribution < 1.29 is 9.47 Å². The molecule has 72 valence electrons. The van der Waals surface area contributed by atoms with Gasteiger partial charge in [-0.2, -0.15) is 0 Å². The van der Waals surface area contributed by atoms with Gasteiger partial charge in [0.15, 0.2) is 6.29 Å². The van der Waals surface area contributed by atoms with Crippen LogP contribution in [-0.2, 0) is 9.47 Å². The molecule has 0 aromatic heterocycles. The van der Waals surface area contributed by atoms with Crippen LogP contribution in [-0.4, -0.2) is 38.6 Å². The number of ether oxygens (including phenoxy) is 2. The molecule has 0 bridgehead atoms. The quantitative estimate of drug-likeness (QED) is 0.613. The van der Waals surface area contributed by atoms with E-state index in [1.807, 2.05) is 6.92 Å². The topological polar surface area (TPSA) is 56.5 Å². The van der Waals surface area contributed by atoms with Crippen molar-refractivity contribution in [2.24, 2.45) is 5.73 Å². The second-order valence-corrected chi connectivity index (χ2v) is 3.07. The molecule has 0 aromatic rings. The summed E-state index contributed by atoms with van der Waals surface area (Å²) in [5, 5.41) is 3.23. The second kappa shape index (κ2) is 5.48. The van der Waals surface area contributed by atoms with E-state index in [0.717, 1.165) is 26.2 Å². The molecule has 0 aromatic carbocycles. The van der Waals surface area contributed by atoms with Gasteiger partial charge in [0, 0.05) is 19.1 Å². The molecule has 0 radical (unpaired) electrons. The molecule has 1 rings (SSSR count). The Morgan fingerprint density at radius 1 is 1.50 bits per heavy atom. The maximum absolute atomic E-state index is 5.44. The summed E-state index contributed by atoms with van der Waals surface area (Å²) in [6, 6.07) is 0.333. The van der Waals surface area contributed by atoms with Crippen molar-refractivity contribution in [1.82, 2.24) is 5.32 Å². The Hall–Kier alpha value is -0.160. The first-order valence-corrected chi connectivity index (χ1v) is 4.49. The molecular formula is C8H18N2O2. The molecule has 0 saturated carbocycles. The minimum atomic E-state index is -0.0762. The lowest BCUT2D eigenvalue weighted by atomic mass is 10.3. The third-order valence-electron chi connectivity index (χ3n) is 1.88. The highest BCUT2D eigenvalue weighted by molar-refractivity contribution is 4.63. The first kappa shape index (κ1) is 9.92. The summed E-state index contributed by atoms with van der Waals surface area (Å²) in [4.78, 5) is 0. The lowest BCUT2D eigenvalue weighted by Crippen LogP contribution is -2.41. The van der Waals surface area contributed by atoms with E-state index in [9.17, 15) is 0 Å². The molecule has 4 heteroatoms. The van der Waals surface area contributed by atoms with Gasteiger partial charge in [-0.3, -0.25) is 0 Å². The van der Waals surface area contributed by atoms with Crippen LogP contribution >= 0.6 is 0 Å². The van der Waals surface area contributed by atoms with Crippen molar-refractivity contribution >= 4 is 0 Å². The predicted molar refractivity (Wildman–Crippen MR) is 46.8 cm³/mol. The molecular weight excluding hydrogens is 156 g/mol. The fraction of sp³-hybridized carbons (Fsp3) is 1.00. The van der Waals surface area contributed by atoms with E-state index in [0.29, 0.717) is 12.6 Å². The van der Waals surface area contributed by atoms with E-state index in [1.165, 1.54) is 0 Å². The zero-order chi connectivity index (χ0) is 8.81. The summed E-state index contributed by atoms with van der Waals surface area (Å²) in [5.74, 6) is 0. The van der Waals surface area contributed by atoms with Crippen LogP contribution in [0.2, 0.25) is 0 Å². The molecule has 1 aliphatic rings. The molecule has 1 unspecified atom stereocenters. The molecule has 3 N–H and O–H groups in total. The molecule has 0 aliphatic carbocycles. The Morgan fingerprint density at radius 3 is 2.75 bits per heavy atom. The number of nitrogens with one attached hydrogen (secondary N) is 1. The number of hydrogen-bond acceptors (Lipinski definition) is 4. The first-order valence-electron chi connectivity index (χ1n) is 4.49. The molecule has 12 heavy (non-hydrogen) atoms. The molecule has 1 fully saturated rings. The smallest absolute Gasteiger partial charge is 0.169 e. The van der Waals surface area contributed by atoms with Gasteiger partial charge in [-0.05, 0) is 13.3 Å². The highest BCUT2D eigenvalue weighted by Crippen LogP contribution is 2.03. The van der Waals surface area contributed by atoms with Crippen LogP contribution in [0.5, 0.6) is 0 Å². The minimum absolute atomic E-state index is 0.0762. The number of nitrogens with two attached hydrogens (primary N) is 1. The van der Waals surface area contributed by atoms with Crippen LogP contribution in [0.15, 0.2) is 0 Å². The van der Waals surface area contributed by atoms with Crippen molar-refractivity contribution in [3.63, 3.8) is 0 Å². The van der Waals surface area contributed by atoms with Crippen molar-refractivity contribution in [2.45, 2.75) is 25.7 Å². The van der Waals surface area contributed by atoms with E-state index in [2.05, 4.69) is 5.32 Å². The first-order chi connectivity index (χ1) is 5.83. The Kier molecular flexibility index (Phi) is 4.53. The Labute approximate surface area is 73.4 Å². The fourth-order valence-corrected chi connectivity index (χ4v) is 1.04. The van der Waals surface area contributed by atoms with E-state index >= 15 is 0 Å². The Morgan fingerprint density at radius 2 is 2.17 bits per heavy atom. The summed E-state index contributed by atoms with van der Waals surface area (Å²) in [6.45, 7) is 5.04. The Bertz CT molecular complexity index is 116. The van der Waals surface area contributed by atoms with Gasteiger partial charge in [-0.25, -0.2) is 0 Å². The maximum Gasteiger partial charge on any atom is 0.169 e. The van der Waals surface area contributed by atoms with Crippen LogP contribution in [0, 0.1) is 0 Å². The van der Waals surface area contributed by atoms with E-state index in [4.69, 9.17) is 15.2 Å². The van der Waals surface area contributed by atoms with Crippen molar-refractivity contribution in [3.8, 4) is 0 Å². The summed E-state index contributed by atoms with van der Waals surface area (Å²) >= 11 is 0. The van der Waals surface area contributed by atoms with Crippen LogP contribution in [0.1, 0.15) is 13.3 Å². The van der Waals surface area contributed by atoms with Gasteiger partial charge < -0.3 is 20.5 Å². The van der Waals surface area contributed by atoms with Crippen LogP contribution in [0.25, 0.3) is 0 Å². The van der Waals surface area contributed by atoms with Gasteiger partial charge in [-0.1, -0.05) is 0 Å². The normalized spacial score (nSPS) is 22.5. The van der Waals surface area contributed by atoms with Gasteiger partial charge in [0.25, 0.3) is 0 Å². The fourth-order valence-electron chi connectivity index (χ4n) is 1.04. The Balaban J connectivity index is 2.05. The van der Waals surface area contributed by atoms with Gasteiger partial charge in [0.1, 0.15) is 0 Å². The molecule has 0 spiro atoms. The summed E-state index contributed by atoms with van der Waals surface area (Å²) in [6.07, 6.45) is 0.927. The SMILES string of the molecule is CC(CN)NCC1OCCCO1.